The minimum absolute atomic E-state index is 0. The molecule has 2 saturated carbocycles. The Morgan fingerprint density at radius 3 is 2.71 bits per heavy atom. The summed E-state index contributed by atoms with van der Waals surface area (Å²) in [7, 11) is 0. The molecule has 3 aromatic rings. The van der Waals surface area contributed by atoms with E-state index in [0.29, 0.717) is 17.9 Å². The molecule has 2 aromatic carbocycles. The summed E-state index contributed by atoms with van der Waals surface area (Å²) >= 11 is 1.58. The average molecular weight is 583 g/mol. The molecule has 2 atom stereocenters. The van der Waals surface area contributed by atoms with Gasteiger partial charge in [0.25, 0.3) is 0 Å². The quantitative estimate of drug-likeness (QED) is 0.158. The van der Waals surface area contributed by atoms with Gasteiger partial charge >= 0.3 is 0 Å². The van der Waals surface area contributed by atoms with Gasteiger partial charge < -0.3 is 4.74 Å². The highest BCUT2D eigenvalue weighted by Gasteiger charge is 2.54. The monoisotopic (exact) mass is 582 g/mol. The largest absolute Gasteiger partial charge is 0.493 e. The van der Waals surface area contributed by atoms with Crippen LogP contribution in [-0.4, -0.2) is 36.4 Å². The number of Topliss-reactive ketones (excluding diaryl/α,β-unsaturated/α-hetero) is 1. The minimum atomic E-state index is -0.363. The number of nitrogens with zero attached hydrogens (tertiary/aromatic N) is 2. The van der Waals surface area contributed by atoms with E-state index < -0.39 is 0 Å². The Labute approximate surface area is 256 Å². The van der Waals surface area contributed by atoms with Crippen molar-refractivity contribution in [3.8, 4) is 5.75 Å². The smallest absolute Gasteiger partial charge is 0.216 e. The fraction of sp³-hybridized carbons (Fsp3) is 0.486. The number of unbranched alkanes of at least 4 members (excludes halogenated alkanes) is 2. The molecule has 5 heteroatoms. The van der Waals surface area contributed by atoms with Crippen LogP contribution in [0.4, 0.5) is 0 Å². The molecular formula is C37H46N2O2S. The molecule has 2 aliphatic carbocycles. The highest BCUT2D eigenvalue weighted by atomic mass is 32.1. The summed E-state index contributed by atoms with van der Waals surface area (Å²) in [6, 6.07) is 19.0. The third-order valence-corrected chi connectivity index (χ3v) is 10.8. The Hall–Kier alpha value is -3.05. The molecular weight excluding hydrogens is 536 g/mol. The van der Waals surface area contributed by atoms with Crippen LogP contribution in [0.5, 0.6) is 5.75 Å². The maximum absolute atomic E-state index is 13.6. The molecule has 3 heterocycles. The van der Waals surface area contributed by atoms with Gasteiger partial charge in [-0.3, -0.25) is 14.8 Å². The van der Waals surface area contributed by atoms with Crippen LogP contribution in [0.1, 0.15) is 88.3 Å². The molecule has 42 heavy (non-hydrogen) atoms. The molecule has 0 amide bonds. The summed E-state index contributed by atoms with van der Waals surface area (Å²) < 4.78 is 7.42. The predicted molar refractivity (Wildman–Crippen MR) is 179 cm³/mol. The van der Waals surface area contributed by atoms with Crippen LogP contribution in [-0.2, 0) is 6.42 Å². The van der Waals surface area contributed by atoms with Crippen LogP contribution in [0.15, 0.2) is 76.7 Å². The van der Waals surface area contributed by atoms with Gasteiger partial charge in [-0.2, -0.15) is 0 Å². The van der Waals surface area contributed by atoms with Crippen molar-refractivity contribution in [2.45, 2.75) is 83.6 Å². The number of benzene rings is 2. The zero-order chi connectivity index (χ0) is 27.7. The number of rotatable bonds is 12. The fourth-order valence-corrected chi connectivity index (χ4v) is 8.05. The van der Waals surface area contributed by atoms with Gasteiger partial charge in [-0.1, -0.05) is 56.7 Å². The normalized spacial score (nSPS) is 23.9. The van der Waals surface area contributed by atoms with Crippen LogP contribution in [0, 0.1) is 17.3 Å². The summed E-state index contributed by atoms with van der Waals surface area (Å²) in [4.78, 5) is 24.1. The van der Waals surface area contributed by atoms with Crippen LogP contribution >= 0.6 is 11.3 Å². The Balaban J connectivity index is 0.00000184. The number of fused-ring (bicyclic) bond motifs is 1. The number of thiophene rings is 1. The zero-order valence-corrected chi connectivity index (χ0v) is 24.7. The Kier molecular flexibility index (Phi) is 8.49. The van der Waals surface area contributed by atoms with E-state index in [1.165, 1.54) is 50.5 Å². The van der Waals surface area contributed by atoms with Gasteiger partial charge in [0.2, 0.25) is 5.78 Å². The standard InChI is InChI=1S/C36H40N2O2S.CH4.H2/c39-34(33-22-28-11-4-5-13-32(28)41-33)31-21-27(23-36(38-31)16-7-19-37-24-36)9-3-1-2-8-26-10-6-12-30(20-26)40-25-35(17-18-35)29-14-15-29;;/h4-7,10-13,16,19-20,22,27,29H,1-3,8-9,14-15,17-18,21,23-25H2;1H4;1H. The highest BCUT2D eigenvalue weighted by Crippen LogP contribution is 2.61. The van der Waals surface area contributed by atoms with E-state index >= 15 is 0 Å². The molecule has 7 rings (SSSR count). The second-order valence-corrected chi connectivity index (χ2v) is 14.0. The van der Waals surface area contributed by atoms with E-state index in [1.807, 2.05) is 30.5 Å². The molecule has 4 nitrogen and oxygen atoms in total. The number of hydrogen-bond acceptors (Lipinski definition) is 5. The number of ether oxygens (including phenoxy) is 1. The summed E-state index contributed by atoms with van der Waals surface area (Å²) in [5.74, 6) is 2.53. The van der Waals surface area contributed by atoms with Crippen LogP contribution < -0.4 is 4.74 Å². The summed E-state index contributed by atoms with van der Waals surface area (Å²) in [6.45, 7) is 1.55. The molecule has 1 spiro atoms. The van der Waals surface area contributed by atoms with E-state index in [9.17, 15) is 4.79 Å². The third kappa shape index (κ3) is 6.46. The Morgan fingerprint density at radius 2 is 1.93 bits per heavy atom. The second-order valence-electron chi connectivity index (χ2n) is 12.9. The van der Waals surface area contributed by atoms with E-state index in [-0.39, 0.29) is 20.2 Å². The first-order valence-electron chi connectivity index (χ1n) is 15.6. The van der Waals surface area contributed by atoms with Gasteiger partial charge in [-0.15, -0.1) is 11.3 Å². The van der Waals surface area contributed by atoms with Gasteiger partial charge in [-0.25, -0.2) is 0 Å². The second kappa shape index (κ2) is 12.3. The predicted octanol–water partition coefficient (Wildman–Crippen LogP) is 9.57. The first kappa shape index (κ1) is 29.0. The van der Waals surface area contributed by atoms with Gasteiger partial charge in [0, 0.05) is 17.8 Å². The number of aliphatic imine (C=N–C) groups is 2. The van der Waals surface area contributed by atoms with Crippen molar-refractivity contribution in [3.05, 3.63) is 77.2 Å². The maximum Gasteiger partial charge on any atom is 0.216 e. The molecule has 0 N–H and O–H groups in total. The first-order chi connectivity index (χ1) is 20.1. The lowest BCUT2D eigenvalue weighted by Crippen LogP contribution is -2.40. The average Bonchev–Trinajstić information content (AvgIpc) is 3.93. The number of dihydropyridines is 1. The molecule has 2 fully saturated rings. The van der Waals surface area contributed by atoms with Crippen molar-refractivity contribution < 1.29 is 11.0 Å². The number of hydrogen-bond donors (Lipinski definition) is 0. The Bertz CT molecular complexity index is 1480. The highest BCUT2D eigenvalue weighted by molar-refractivity contribution is 7.21. The lowest BCUT2D eigenvalue weighted by Gasteiger charge is -2.36. The number of carbonyl (C=O) groups is 1. The van der Waals surface area contributed by atoms with Crippen LogP contribution in [0.3, 0.4) is 0 Å². The first-order valence-corrected chi connectivity index (χ1v) is 16.4. The van der Waals surface area contributed by atoms with Gasteiger partial charge in [0.15, 0.2) is 0 Å². The molecule has 0 radical (unpaired) electrons. The lowest BCUT2D eigenvalue weighted by molar-refractivity contribution is 0.106. The van der Waals surface area contributed by atoms with Crippen molar-refractivity contribution in [1.29, 1.82) is 0 Å². The van der Waals surface area contributed by atoms with Crippen molar-refractivity contribution in [1.82, 2.24) is 0 Å². The van der Waals surface area contributed by atoms with E-state index in [2.05, 4.69) is 47.5 Å². The number of ketones is 1. The van der Waals surface area contributed by atoms with Gasteiger partial charge in [0.05, 0.1) is 29.3 Å². The summed E-state index contributed by atoms with van der Waals surface area (Å²) in [5.41, 5.74) is 2.27. The lowest BCUT2D eigenvalue weighted by atomic mass is 9.77. The van der Waals surface area contributed by atoms with E-state index in [0.717, 1.165) is 64.6 Å². The summed E-state index contributed by atoms with van der Waals surface area (Å²) in [5, 5.41) is 1.13. The fourth-order valence-electron chi connectivity index (χ4n) is 7.02. The summed E-state index contributed by atoms with van der Waals surface area (Å²) in [6.07, 6.45) is 19.1. The molecule has 1 aromatic heterocycles. The van der Waals surface area contributed by atoms with Crippen molar-refractivity contribution in [2.75, 3.05) is 13.2 Å². The number of allylic oxidation sites excluding steroid dienone is 1. The number of carbonyl (C=O) groups excluding carboxylic acids is 1. The SMILES string of the molecule is C.O=C(C1=NC2(C=CC=NC2)CC(CCCCCc2cccc(OCC3(C4CC4)CC3)c2)C1)c1cc2ccccc2s1.[HH]. The minimum Gasteiger partial charge on any atom is -0.493 e. The zero-order valence-electron chi connectivity index (χ0n) is 23.9. The Morgan fingerprint density at radius 1 is 1.05 bits per heavy atom. The molecule has 0 saturated heterocycles. The van der Waals surface area contributed by atoms with Gasteiger partial charge in [0.1, 0.15) is 5.75 Å². The maximum atomic E-state index is 13.6. The van der Waals surface area contributed by atoms with Crippen molar-refractivity contribution >= 4 is 39.1 Å². The van der Waals surface area contributed by atoms with Crippen LogP contribution in [0.2, 0.25) is 0 Å². The molecule has 0 bridgehead atoms. The molecule has 222 valence electrons. The molecule has 4 aliphatic rings. The number of aryl methyl sites for hydroxylation is 1. The topological polar surface area (TPSA) is 51.0 Å². The van der Waals surface area contributed by atoms with E-state index in [4.69, 9.17) is 9.73 Å². The van der Waals surface area contributed by atoms with Crippen molar-refractivity contribution in [3.63, 3.8) is 0 Å². The van der Waals surface area contributed by atoms with Gasteiger partial charge in [-0.05, 0) is 111 Å². The molecule has 2 unspecified atom stereocenters. The molecule has 2 aliphatic heterocycles. The van der Waals surface area contributed by atoms with E-state index in [1.54, 1.807) is 11.3 Å². The third-order valence-electron chi connectivity index (χ3n) is 9.69. The van der Waals surface area contributed by atoms with Crippen molar-refractivity contribution in [2.24, 2.45) is 27.2 Å². The van der Waals surface area contributed by atoms with Crippen LogP contribution in [0.25, 0.3) is 10.1 Å².